The number of aliphatic carboxylic acids is 3. The van der Waals surface area contributed by atoms with E-state index in [2.05, 4.69) is 14.8 Å². The van der Waals surface area contributed by atoms with Crippen LogP contribution in [0.4, 0.5) is 4.39 Å². The number of carbonyl (C=O) groups is 3. The lowest BCUT2D eigenvalue weighted by atomic mass is 9.96. The van der Waals surface area contributed by atoms with Crippen molar-refractivity contribution < 1.29 is 39.2 Å². The summed E-state index contributed by atoms with van der Waals surface area (Å²) >= 11 is 6.15. The molecule has 0 saturated heterocycles. The number of halogens is 2. The van der Waals surface area contributed by atoms with Crippen molar-refractivity contribution in [3.63, 3.8) is 0 Å². The second kappa shape index (κ2) is 14.3. The maximum atomic E-state index is 14.0. The molecule has 0 aliphatic carbocycles. The van der Waals surface area contributed by atoms with E-state index in [0.717, 1.165) is 25.2 Å². The number of likely N-dealkylation sites (N-methyl/N-ethyl adjacent to an activating group) is 1. The minimum Gasteiger partial charge on any atom is -0.481 e. The summed E-state index contributed by atoms with van der Waals surface area (Å²) in [6.45, 7) is 2.96. The summed E-state index contributed by atoms with van der Waals surface area (Å²) in [7, 11) is 4.06. The summed E-state index contributed by atoms with van der Waals surface area (Å²) in [5.41, 5.74) is -1.03. The molecule has 2 aromatic rings. The number of aromatic nitrogens is 1. The largest absolute Gasteiger partial charge is 0.481 e. The highest BCUT2D eigenvalue weighted by Crippen LogP contribution is 2.21. The van der Waals surface area contributed by atoms with E-state index >= 15 is 0 Å². The zero-order chi connectivity index (χ0) is 26.6. The summed E-state index contributed by atoms with van der Waals surface area (Å²) in [5.74, 6) is -5.27. The van der Waals surface area contributed by atoms with Gasteiger partial charge in [0.1, 0.15) is 5.82 Å². The van der Waals surface area contributed by atoms with Crippen LogP contribution in [0.2, 0.25) is 5.02 Å². The number of hydrogen-bond acceptors (Lipinski definition) is 7. The van der Waals surface area contributed by atoms with Crippen molar-refractivity contribution in [1.82, 2.24) is 14.8 Å². The Morgan fingerprint density at radius 1 is 0.971 bits per heavy atom. The average Bonchev–Trinajstić information content (AvgIpc) is 2.74. The molecule has 0 atom stereocenters. The van der Waals surface area contributed by atoms with Crippen molar-refractivity contribution >= 4 is 29.5 Å². The quantitative estimate of drug-likeness (QED) is 0.332. The van der Waals surface area contributed by atoms with Crippen LogP contribution in [-0.2, 0) is 27.5 Å². The Balaban J connectivity index is 0.000000405. The lowest BCUT2D eigenvalue weighted by molar-refractivity contribution is -0.170. The summed E-state index contributed by atoms with van der Waals surface area (Å²) in [4.78, 5) is 38.8. The maximum absolute atomic E-state index is 14.0. The first-order valence-electron chi connectivity index (χ1n) is 10.4. The van der Waals surface area contributed by atoms with E-state index < -0.39 is 36.4 Å². The standard InChI is InChI=1S/C17H21ClFN3.C6H8O7/c1-21(2)10-11-22(12-14-6-8-20-9-7-14)13-15-16(18)4-3-5-17(15)19;7-3(8)1-6(13,5(11)12)2-4(9)10/h3-9H,10-13H2,1-2H3;13H,1-2H2,(H,7,8)(H,9,10)(H,11,12). The van der Waals surface area contributed by atoms with Gasteiger partial charge in [-0.05, 0) is 43.9 Å². The van der Waals surface area contributed by atoms with E-state index in [1.165, 1.54) is 6.07 Å². The fourth-order valence-electron chi connectivity index (χ4n) is 2.92. The molecule has 12 heteroatoms. The van der Waals surface area contributed by atoms with Crippen molar-refractivity contribution in [2.45, 2.75) is 31.5 Å². The predicted molar refractivity (Wildman–Crippen MR) is 125 cm³/mol. The second-order valence-corrected chi connectivity index (χ2v) is 8.45. The van der Waals surface area contributed by atoms with Gasteiger partial charge in [0, 0.05) is 49.2 Å². The van der Waals surface area contributed by atoms with Gasteiger partial charge in [0.15, 0.2) is 5.60 Å². The third-order valence-electron chi connectivity index (χ3n) is 4.75. The lowest BCUT2D eigenvalue weighted by Gasteiger charge is -2.25. The molecule has 0 radical (unpaired) electrons. The third kappa shape index (κ3) is 11.2. The molecule has 10 nitrogen and oxygen atoms in total. The van der Waals surface area contributed by atoms with Crippen LogP contribution in [0.3, 0.4) is 0 Å². The highest BCUT2D eigenvalue weighted by Gasteiger charge is 2.40. The molecule has 192 valence electrons. The molecule has 1 heterocycles. The fourth-order valence-corrected chi connectivity index (χ4v) is 3.15. The molecule has 1 aromatic heterocycles. The van der Waals surface area contributed by atoms with Gasteiger partial charge in [-0.2, -0.15) is 0 Å². The van der Waals surface area contributed by atoms with Gasteiger partial charge in [-0.15, -0.1) is 0 Å². The zero-order valence-electron chi connectivity index (χ0n) is 19.4. The Labute approximate surface area is 207 Å². The van der Waals surface area contributed by atoms with Crippen LogP contribution in [0.5, 0.6) is 0 Å². The number of rotatable bonds is 12. The van der Waals surface area contributed by atoms with E-state index in [-0.39, 0.29) is 5.82 Å². The Kier molecular flexibility index (Phi) is 12.2. The minimum atomic E-state index is -2.74. The summed E-state index contributed by atoms with van der Waals surface area (Å²) in [6.07, 6.45) is 1.26. The van der Waals surface area contributed by atoms with Gasteiger partial charge in [-0.3, -0.25) is 19.5 Å². The number of hydrogen-bond donors (Lipinski definition) is 4. The monoisotopic (exact) mass is 513 g/mol. The van der Waals surface area contributed by atoms with Crippen LogP contribution in [0.15, 0.2) is 42.7 Å². The third-order valence-corrected chi connectivity index (χ3v) is 5.10. The van der Waals surface area contributed by atoms with Gasteiger partial charge in [-0.1, -0.05) is 17.7 Å². The molecular weight excluding hydrogens is 485 g/mol. The minimum absolute atomic E-state index is 0.253. The predicted octanol–water partition coefficient (Wildman–Crippen LogP) is 2.19. The molecule has 2 rings (SSSR count). The average molecular weight is 514 g/mol. The Morgan fingerprint density at radius 3 is 2.00 bits per heavy atom. The van der Waals surface area contributed by atoms with Crippen molar-refractivity contribution in [2.75, 3.05) is 27.2 Å². The molecule has 0 spiro atoms. The van der Waals surface area contributed by atoms with E-state index in [9.17, 15) is 18.8 Å². The number of nitrogens with zero attached hydrogens (tertiary/aromatic N) is 3. The first kappa shape index (κ1) is 29.9. The van der Waals surface area contributed by atoms with Crippen LogP contribution in [0.1, 0.15) is 24.0 Å². The SMILES string of the molecule is CN(C)CCN(Cc1ccncc1)Cc1c(F)cccc1Cl.O=C(O)CC(O)(CC(=O)O)C(=O)O. The summed E-state index contributed by atoms with van der Waals surface area (Å²) in [6, 6.07) is 8.78. The van der Waals surface area contributed by atoms with E-state index in [1.807, 2.05) is 26.2 Å². The molecule has 0 fully saturated rings. The van der Waals surface area contributed by atoms with Crippen LogP contribution < -0.4 is 0 Å². The van der Waals surface area contributed by atoms with E-state index in [0.29, 0.717) is 17.1 Å². The molecule has 35 heavy (non-hydrogen) atoms. The zero-order valence-corrected chi connectivity index (χ0v) is 20.2. The van der Waals surface area contributed by atoms with Crippen LogP contribution in [-0.4, -0.2) is 85.9 Å². The van der Waals surface area contributed by atoms with Gasteiger partial charge < -0.3 is 25.3 Å². The number of pyridine rings is 1. The van der Waals surface area contributed by atoms with Gasteiger partial charge in [0.25, 0.3) is 0 Å². The number of benzene rings is 1. The second-order valence-electron chi connectivity index (χ2n) is 8.05. The fraction of sp³-hybridized carbons (Fsp3) is 0.391. The molecule has 1 aromatic carbocycles. The maximum Gasteiger partial charge on any atom is 0.336 e. The van der Waals surface area contributed by atoms with Crippen molar-refractivity contribution in [1.29, 1.82) is 0 Å². The highest BCUT2D eigenvalue weighted by molar-refractivity contribution is 6.31. The number of carboxylic acid groups (broad SMARTS) is 3. The smallest absolute Gasteiger partial charge is 0.336 e. The number of aliphatic hydroxyl groups is 1. The van der Waals surface area contributed by atoms with E-state index in [1.54, 1.807) is 24.5 Å². The Morgan fingerprint density at radius 2 is 1.54 bits per heavy atom. The van der Waals surface area contributed by atoms with Crippen LogP contribution in [0, 0.1) is 5.82 Å². The number of carboxylic acids is 3. The molecule has 0 unspecified atom stereocenters. The Hall–Kier alpha value is -3.12. The van der Waals surface area contributed by atoms with E-state index in [4.69, 9.17) is 32.0 Å². The van der Waals surface area contributed by atoms with Gasteiger partial charge in [0.2, 0.25) is 0 Å². The molecule has 0 saturated carbocycles. The summed E-state index contributed by atoms with van der Waals surface area (Å²) in [5, 5.41) is 34.3. The van der Waals surface area contributed by atoms with Crippen LogP contribution >= 0.6 is 11.6 Å². The van der Waals surface area contributed by atoms with Crippen molar-refractivity contribution in [3.05, 3.63) is 64.7 Å². The normalized spacial score (nSPS) is 11.2. The van der Waals surface area contributed by atoms with Gasteiger partial charge >= 0.3 is 17.9 Å². The summed E-state index contributed by atoms with van der Waals surface area (Å²) < 4.78 is 14.0. The molecule has 4 N–H and O–H groups in total. The topological polar surface area (TPSA) is 152 Å². The molecular formula is C23H29ClFN3O7. The lowest BCUT2D eigenvalue weighted by Crippen LogP contribution is -2.42. The first-order valence-corrected chi connectivity index (χ1v) is 10.8. The van der Waals surface area contributed by atoms with Crippen LogP contribution in [0.25, 0.3) is 0 Å². The van der Waals surface area contributed by atoms with Crippen molar-refractivity contribution in [2.24, 2.45) is 0 Å². The highest BCUT2D eigenvalue weighted by atomic mass is 35.5. The molecule has 0 bridgehead atoms. The first-order chi connectivity index (χ1) is 16.3. The molecule has 0 aliphatic heterocycles. The van der Waals surface area contributed by atoms with Gasteiger partial charge in [-0.25, -0.2) is 9.18 Å². The Bertz CT molecular complexity index is 956. The molecule has 0 amide bonds. The molecule has 0 aliphatic rings. The van der Waals surface area contributed by atoms with Crippen molar-refractivity contribution in [3.8, 4) is 0 Å². The van der Waals surface area contributed by atoms with Gasteiger partial charge in [0.05, 0.1) is 12.8 Å².